The number of rotatable bonds is 15. The van der Waals surface area contributed by atoms with Crippen LogP contribution < -0.4 is 16.1 Å². The highest BCUT2D eigenvalue weighted by molar-refractivity contribution is 5.91. The minimum absolute atomic E-state index is 0.218. The van der Waals surface area contributed by atoms with Gasteiger partial charge in [0.25, 0.3) is 11.8 Å². The number of nitrogens with one attached hydrogen (secondary N) is 3. The van der Waals surface area contributed by atoms with Crippen LogP contribution in [0.15, 0.2) is 43.5 Å². The number of methoxy groups -OCH3 is 1. The first-order chi connectivity index (χ1) is 19.9. The van der Waals surface area contributed by atoms with Crippen molar-refractivity contribution in [3.63, 3.8) is 0 Å². The summed E-state index contributed by atoms with van der Waals surface area (Å²) in [6, 6.07) is 6.01. The van der Waals surface area contributed by atoms with E-state index in [4.69, 9.17) is 9.47 Å². The van der Waals surface area contributed by atoms with Crippen molar-refractivity contribution in [1.29, 1.82) is 0 Å². The molecular weight excluding hydrogens is 536 g/mol. The summed E-state index contributed by atoms with van der Waals surface area (Å²) in [5, 5.41) is 7.08. The number of nitrogens with zero attached hydrogens (tertiary/aromatic N) is 1. The molecule has 1 saturated heterocycles. The lowest BCUT2D eigenvalue weighted by Gasteiger charge is -2.35. The van der Waals surface area contributed by atoms with Gasteiger partial charge in [-0.15, -0.1) is 6.58 Å². The van der Waals surface area contributed by atoms with Gasteiger partial charge >= 0.3 is 5.97 Å². The van der Waals surface area contributed by atoms with Crippen LogP contribution in [0, 0.1) is 11.8 Å². The molecule has 42 heavy (non-hydrogen) atoms. The molecule has 1 aliphatic rings. The molecule has 1 aromatic rings. The summed E-state index contributed by atoms with van der Waals surface area (Å²) in [7, 11) is 1.53. The molecule has 1 aliphatic heterocycles. The maximum absolute atomic E-state index is 13.2. The van der Waals surface area contributed by atoms with E-state index < -0.39 is 41.9 Å². The smallest absolute Gasteiger partial charge is 0.312 e. The largest absolute Gasteiger partial charge is 0.452 e. The number of amides is 3. The molecule has 6 atom stereocenters. The standard InChI is InChI=1S/C32H48N4O6/c1-9-11-17-27(41-8)21(5)32(40)42-28(20(3)4)30(38)34-23(7)31(39)36-18-13-16-26(35-36)29(37)33-22(6)25-15-12-14-24(10-2)19-25/h9-10,12,14-15,19-23,26-28,35H,1-2,11,13,16-18H2,3-8H3,(H,33,37)(H,34,38)/t21-,22-,23?,26?,27?,28?/m1/s1. The van der Waals surface area contributed by atoms with Crippen LogP contribution in [-0.4, -0.2) is 66.6 Å². The highest BCUT2D eigenvalue weighted by Gasteiger charge is 2.35. The quantitative estimate of drug-likeness (QED) is 0.212. The maximum atomic E-state index is 13.2. The van der Waals surface area contributed by atoms with E-state index in [1.54, 1.807) is 39.8 Å². The van der Waals surface area contributed by atoms with Crippen molar-refractivity contribution in [2.45, 2.75) is 90.6 Å². The minimum atomic E-state index is -1.08. The zero-order chi connectivity index (χ0) is 31.4. The predicted molar refractivity (Wildman–Crippen MR) is 163 cm³/mol. The van der Waals surface area contributed by atoms with Crippen LogP contribution in [-0.2, 0) is 28.7 Å². The van der Waals surface area contributed by atoms with Gasteiger partial charge in [0.15, 0.2) is 6.10 Å². The van der Waals surface area contributed by atoms with Gasteiger partial charge in [0, 0.05) is 13.7 Å². The summed E-state index contributed by atoms with van der Waals surface area (Å²) in [6.45, 7) is 16.6. The Morgan fingerprint density at radius 3 is 2.45 bits per heavy atom. The zero-order valence-electron chi connectivity index (χ0n) is 25.9. The summed E-state index contributed by atoms with van der Waals surface area (Å²) in [4.78, 5) is 52.3. The molecule has 0 saturated carbocycles. The number of benzene rings is 1. The van der Waals surface area contributed by atoms with E-state index in [1.807, 2.05) is 31.2 Å². The number of carbonyl (C=O) groups excluding carboxylic acids is 4. The second kappa shape index (κ2) is 16.8. The monoisotopic (exact) mass is 584 g/mol. The number of hydrogen-bond donors (Lipinski definition) is 3. The summed E-state index contributed by atoms with van der Waals surface area (Å²) < 4.78 is 11.0. The molecular formula is C32H48N4O6. The zero-order valence-corrected chi connectivity index (χ0v) is 25.9. The molecule has 232 valence electrons. The first kappa shape index (κ1) is 34.7. The van der Waals surface area contributed by atoms with Gasteiger partial charge in [0.1, 0.15) is 12.1 Å². The van der Waals surface area contributed by atoms with Crippen LogP contribution >= 0.6 is 0 Å². The van der Waals surface area contributed by atoms with Crippen LogP contribution in [0.5, 0.6) is 0 Å². The van der Waals surface area contributed by atoms with Crippen LogP contribution in [0.25, 0.3) is 6.08 Å². The van der Waals surface area contributed by atoms with Crippen LogP contribution in [0.2, 0.25) is 0 Å². The van der Waals surface area contributed by atoms with Crippen LogP contribution in [0.4, 0.5) is 0 Å². The Bertz CT molecular complexity index is 1110. The number of esters is 1. The van der Waals surface area contributed by atoms with Gasteiger partial charge < -0.3 is 20.1 Å². The van der Waals surface area contributed by atoms with E-state index >= 15 is 0 Å². The number of carbonyl (C=O) groups is 4. The normalized spacial score (nSPS) is 18.6. The third kappa shape index (κ3) is 9.80. The van der Waals surface area contributed by atoms with Crippen molar-refractivity contribution < 1.29 is 28.7 Å². The molecule has 1 aromatic carbocycles. The van der Waals surface area contributed by atoms with Crippen molar-refractivity contribution in [3.05, 3.63) is 54.6 Å². The van der Waals surface area contributed by atoms with Crippen LogP contribution in [0.3, 0.4) is 0 Å². The van der Waals surface area contributed by atoms with Gasteiger partial charge in [-0.1, -0.05) is 50.8 Å². The molecule has 4 unspecified atom stereocenters. The lowest BCUT2D eigenvalue weighted by atomic mass is 9.99. The molecule has 10 nitrogen and oxygen atoms in total. The van der Waals surface area contributed by atoms with Gasteiger partial charge in [-0.25, -0.2) is 5.43 Å². The van der Waals surface area contributed by atoms with E-state index in [2.05, 4.69) is 29.2 Å². The van der Waals surface area contributed by atoms with E-state index in [9.17, 15) is 19.2 Å². The molecule has 3 N–H and O–H groups in total. The SMILES string of the molecule is C=CCCC(OC)[C@@H](C)C(=O)OC(C(=O)NC(C)C(=O)N1CCCC(C(=O)N[C@H](C)c2cccc(C=C)c2)N1)C(C)C. The lowest BCUT2D eigenvalue weighted by molar-refractivity contribution is -0.166. The topological polar surface area (TPSA) is 126 Å². The fourth-order valence-electron chi connectivity index (χ4n) is 4.81. The highest BCUT2D eigenvalue weighted by Crippen LogP contribution is 2.19. The van der Waals surface area contributed by atoms with Crippen LogP contribution in [0.1, 0.15) is 77.5 Å². The fourth-order valence-corrected chi connectivity index (χ4v) is 4.81. The second-order valence-corrected chi connectivity index (χ2v) is 11.2. The molecule has 0 aromatic heterocycles. The molecule has 0 bridgehead atoms. The van der Waals surface area contributed by atoms with Crippen molar-refractivity contribution in [1.82, 2.24) is 21.1 Å². The fraction of sp³-hybridized carbons (Fsp3) is 0.562. The van der Waals surface area contributed by atoms with Gasteiger partial charge in [-0.05, 0) is 69.6 Å². The third-order valence-corrected chi connectivity index (χ3v) is 7.50. The van der Waals surface area contributed by atoms with Crippen molar-refractivity contribution in [2.24, 2.45) is 11.8 Å². The molecule has 0 aliphatic carbocycles. The molecule has 10 heteroatoms. The van der Waals surface area contributed by atoms with E-state index in [1.165, 1.54) is 12.1 Å². The number of ether oxygens (including phenoxy) is 2. The van der Waals surface area contributed by atoms with Gasteiger partial charge in [-0.2, -0.15) is 0 Å². The summed E-state index contributed by atoms with van der Waals surface area (Å²) in [5.74, 6) is -2.63. The first-order valence-corrected chi connectivity index (χ1v) is 14.7. The number of allylic oxidation sites excluding steroid dienone is 1. The summed E-state index contributed by atoms with van der Waals surface area (Å²) in [6.07, 6.45) is 4.51. The number of hydrazine groups is 1. The number of hydrogen-bond acceptors (Lipinski definition) is 7. The minimum Gasteiger partial charge on any atom is -0.452 e. The summed E-state index contributed by atoms with van der Waals surface area (Å²) in [5.41, 5.74) is 4.93. The van der Waals surface area contributed by atoms with Gasteiger partial charge in [0.2, 0.25) is 5.91 Å². The second-order valence-electron chi connectivity index (χ2n) is 11.2. The van der Waals surface area contributed by atoms with Gasteiger partial charge in [-0.3, -0.25) is 24.2 Å². The van der Waals surface area contributed by atoms with Crippen molar-refractivity contribution in [3.8, 4) is 0 Å². The molecule has 0 radical (unpaired) electrons. The first-order valence-electron chi connectivity index (χ1n) is 14.7. The predicted octanol–water partition coefficient (Wildman–Crippen LogP) is 3.69. The highest BCUT2D eigenvalue weighted by atomic mass is 16.6. The van der Waals surface area contributed by atoms with Gasteiger partial charge in [0.05, 0.1) is 18.1 Å². The van der Waals surface area contributed by atoms with E-state index in [0.29, 0.717) is 32.2 Å². The third-order valence-electron chi connectivity index (χ3n) is 7.50. The Kier molecular flexibility index (Phi) is 13.9. The Labute approximate surface area is 250 Å². The Hall–Kier alpha value is -3.50. The molecule has 2 rings (SSSR count). The molecule has 0 spiro atoms. The maximum Gasteiger partial charge on any atom is 0.312 e. The lowest BCUT2D eigenvalue weighted by Crippen LogP contribution is -2.61. The van der Waals surface area contributed by atoms with E-state index in [0.717, 1.165) is 11.1 Å². The van der Waals surface area contributed by atoms with E-state index in [-0.39, 0.29) is 24.0 Å². The summed E-state index contributed by atoms with van der Waals surface area (Å²) >= 11 is 0. The molecule has 1 fully saturated rings. The Morgan fingerprint density at radius 1 is 1.12 bits per heavy atom. The molecule has 3 amide bonds. The van der Waals surface area contributed by atoms with Crippen molar-refractivity contribution in [2.75, 3.05) is 13.7 Å². The van der Waals surface area contributed by atoms with Crippen molar-refractivity contribution >= 4 is 29.8 Å². The Morgan fingerprint density at radius 2 is 1.83 bits per heavy atom. The molecule has 1 heterocycles. The Balaban J connectivity index is 1.97. The average molecular weight is 585 g/mol. The average Bonchev–Trinajstić information content (AvgIpc) is 2.99.